The molecule has 214 valence electrons. The summed E-state index contributed by atoms with van der Waals surface area (Å²) in [4.78, 5) is 12.2. The van der Waals surface area contributed by atoms with Crippen molar-refractivity contribution in [3.63, 3.8) is 0 Å². The number of hydrogen-bond donors (Lipinski definition) is 1. The lowest BCUT2D eigenvalue weighted by Crippen LogP contribution is -2.54. The Balaban J connectivity index is 1.35. The molecule has 0 aliphatic heterocycles. The summed E-state index contributed by atoms with van der Waals surface area (Å²) in [5, 5.41) is 2.56. The Morgan fingerprint density at radius 3 is 2.32 bits per heavy atom. The van der Waals surface area contributed by atoms with E-state index in [2.05, 4.69) is 26.1 Å². The monoisotopic (exact) mass is 561 g/mol. The molecule has 0 aromatic carbocycles. The fraction of sp³-hybridized carbons (Fsp3) is 0.962. The number of carbonyl (C=O) groups excluding carboxylic acids is 1. The van der Waals surface area contributed by atoms with Gasteiger partial charge in [-0.05, 0) is 111 Å². The van der Waals surface area contributed by atoms with Gasteiger partial charge in [0.25, 0.3) is 0 Å². The first-order chi connectivity index (χ1) is 17.1. The van der Waals surface area contributed by atoms with Gasteiger partial charge in [0.05, 0.1) is 22.0 Å². The molecule has 0 aromatic rings. The maximum atomic E-state index is 12.2. The first kappa shape index (κ1) is 29.2. The highest BCUT2D eigenvalue weighted by Crippen LogP contribution is 2.68. The predicted octanol–water partition coefficient (Wildman–Crippen LogP) is 3.57. The fourth-order valence-electron chi connectivity index (χ4n) is 9.41. The lowest BCUT2D eigenvalue weighted by molar-refractivity contribution is -0.127. The van der Waals surface area contributed by atoms with E-state index in [0.717, 1.165) is 25.7 Å². The minimum atomic E-state index is -4.67. The number of nitrogens with one attached hydrogen (secondary N) is 1. The molecule has 0 aromatic heterocycles. The third-order valence-corrected chi connectivity index (χ3v) is 12.3. The number of hydrogen-bond acceptors (Lipinski definition) is 8. The zero-order valence-electron chi connectivity index (χ0n) is 22.3. The van der Waals surface area contributed by atoms with Crippen LogP contribution in [0.3, 0.4) is 0 Å². The molecule has 4 rings (SSSR count). The highest BCUT2D eigenvalue weighted by molar-refractivity contribution is 7.85. The molecule has 4 fully saturated rings. The van der Waals surface area contributed by atoms with Gasteiger partial charge < -0.3 is 14.4 Å². The van der Waals surface area contributed by atoms with E-state index in [1.807, 2.05) is 0 Å². The molecule has 4 aliphatic rings. The lowest BCUT2D eigenvalue weighted by atomic mass is 9.44. The second-order valence-corrected chi connectivity index (χ2v) is 15.4. The largest absolute Gasteiger partial charge is 0.748 e. The van der Waals surface area contributed by atoms with E-state index < -0.39 is 32.4 Å². The Bertz CT molecular complexity index is 1060. The van der Waals surface area contributed by atoms with E-state index in [9.17, 15) is 30.7 Å². The molecule has 1 N–H and O–H groups in total. The maximum absolute atomic E-state index is 12.2. The number of rotatable bonds is 9. The normalized spacial score (nSPS) is 40.8. The molecule has 1 amide bonds. The Hall–Kier alpha value is -0.750. The number of amides is 1. The van der Waals surface area contributed by atoms with Crippen molar-refractivity contribution >= 4 is 26.4 Å². The average molecular weight is 562 g/mol. The highest BCUT2D eigenvalue weighted by atomic mass is 32.3. The van der Waals surface area contributed by atoms with Crippen LogP contribution in [0.5, 0.6) is 0 Å². The smallest absolute Gasteiger partial charge is 0.220 e. The number of fused-ring (bicyclic) bond motifs is 5. The van der Waals surface area contributed by atoms with Crippen molar-refractivity contribution < 1.29 is 34.9 Å². The summed E-state index contributed by atoms with van der Waals surface area (Å²) in [5.74, 6) is 2.48. The second-order valence-electron chi connectivity index (χ2n) is 12.9. The van der Waals surface area contributed by atoms with Gasteiger partial charge >= 0.3 is 0 Å². The first-order valence-electron chi connectivity index (χ1n) is 14.0. The van der Waals surface area contributed by atoms with Gasteiger partial charge in [0.1, 0.15) is 0 Å². The van der Waals surface area contributed by atoms with Crippen LogP contribution >= 0.6 is 0 Å². The van der Waals surface area contributed by atoms with Crippen LogP contribution in [0.25, 0.3) is 0 Å². The van der Waals surface area contributed by atoms with Gasteiger partial charge in [-0.25, -0.2) is 16.8 Å². The standard InChI is InChI=1S/C26H45NO8S2/c1-17(4-9-24(28)27-14-15-36(29,30)31)21-7-8-22-20-6-5-18-16-19(35-37(32,33)34)10-12-25(18,2)23(20)11-13-26(21,22)3/h17-23H,4-16H2,1-3H3,(H,27,28)(H,29,30,31)(H,32,33,34)/p-2/t17-,18-,19-,20?,21-,22?,23?,25+,26-/m1/s1. The number of carbonyl (C=O) groups is 1. The molecule has 9 atom stereocenters. The van der Waals surface area contributed by atoms with E-state index in [0.29, 0.717) is 54.8 Å². The molecular formula is C26H43NO8S2-2. The molecule has 4 saturated carbocycles. The topological polar surface area (TPSA) is 153 Å². The van der Waals surface area contributed by atoms with Gasteiger partial charge in [0.2, 0.25) is 16.3 Å². The summed E-state index contributed by atoms with van der Waals surface area (Å²) in [6.07, 6.45) is 9.72. The first-order valence-corrected chi connectivity index (χ1v) is 16.9. The van der Waals surface area contributed by atoms with Crippen molar-refractivity contribution in [2.24, 2.45) is 46.3 Å². The summed E-state index contributed by atoms with van der Waals surface area (Å²) in [5.41, 5.74) is 0.407. The molecule has 0 heterocycles. The molecule has 37 heavy (non-hydrogen) atoms. The highest BCUT2D eigenvalue weighted by Gasteiger charge is 2.60. The van der Waals surface area contributed by atoms with Crippen LogP contribution in [0, 0.1) is 46.3 Å². The van der Waals surface area contributed by atoms with Crippen LogP contribution in [0.2, 0.25) is 0 Å². The molecule has 9 nitrogen and oxygen atoms in total. The molecule has 3 unspecified atom stereocenters. The maximum Gasteiger partial charge on any atom is 0.220 e. The van der Waals surface area contributed by atoms with Crippen LogP contribution in [0.1, 0.15) is 91.4 Å². The molecule has 4 aliphatic carbocycles. The van der Waals surface area contributed by atoms with Crippen LogP contribution in [-0.2, 0) is 29.5 Å². The van der Waals surface area contributed by atoms with Gasteiger partial charge in [-0.2, -0.15) is 0 Å². The van der Waals surface area contributed by atoms with Gasteiger partial charge in [0.15, 0.2) is 0 Å². The van der Waals surface area contributed by atoms with E-state index in [-0.39, 0.29) is 23.3 Å². The van der Waals surface area contributed by atoms with E-state index in [1.165, 1.54) is 25.7 Å². The van der Waals surface area contributed by atoms with E-state index >= 15 is 0 Å². The Kier molecular flexibility index (Phi) is 8.43. The van der Waals surface area contributed by atoms with Crippen molar-refractivity contribution in [2.45, 2.75) is 97.5 Å². The van der Waals surface area contributed by atoms with Crippen molar-refractivity contribution in [3.05, 3.63) is 0 Å². The molecule has 0 bridgehead atoms. The quantitative estimate of drug-likeness (QED) is 0.331. The van der Waals surface area contributed by atoms with Crippen molar-refractivity contribution in [3.8, 4) is 0 Å². The molecular weight excluding hydrogens is 518 g/mol. The van der Waals surface area contributed by atoms with Gasteiger partial charge in [-0.1, -0.05) is 20.8 Å². The minimum Gasteiger partial charge on any atom is -0.748 e. The molecule has 0 saturated heterocycles. The summed E-state index contributed by atoms with van der Waals surface area (Å²) in [6, 6.07) is 0. The molecule has 11 heteroatoms. The minimum absolute atomic E-state index is 0.134. The second kappa shape index (κ2) is 10.7. The third kappa shape index (κ3) is 6.36. The van der Waals surface area contributed by atoms with Gasteiger partial charge in [0, 0.05) is 13.0 Å². The summed E-state index contributed by atoms with van der Waals surface area (Å²) in [7, 11) is -9.00. The summed E-state index contributed by atoms with van der Waals surface area (Å²) < 4.78 is 70.5. The third-order valence-electron chi connectivity index (χ3n) is 11.1. The van der Waals surface area contributed by atoms with Crippen molar-refractivity contribution in [1.82, 2.24) is 5.32 Å². The summed E-state index contributed by atoms with van der Waals surface area (Å²) >= 11 is 0. The Morgan fingerprint density at radius 2 is 1.65 bits per heavy atom. The zero-order valence-corrected chi connectivity index (χ0v) is 23.9. The van der Waals surface area contributed by atoms with Gasteiger partial charge in [-0.15, -0.1) is 0 Å². The fourth-order valence-corrected chi connectivity index (χ4v) is 10.3. The molecule has 0 spiro atoms. The summed E-state index contributed by atoms with van der Waals surface area (Å²) in [6.45, 7) is 6.96. The van der Waals surface area contributed by atoms with Crippen LogP contribution in [0.4, 0.5) is 0 Å². The van der Waals surface area contributed by atoms with E-state index in [4.69, 9.17) is 4.18 Å². The average Bonchev–Trinajstić information content (AvgIpc) is 3.13. The van der Waals surface area contributed by atoms with Crippen molar-refractivity contribution in [1.29, 1.82) is 0 Å². The Labute approximate surface area is 222 Å². The van der Waals surface area contributed by atoms with Crippen LogP contribution in [-0.4, -0.2) is 50.2 Å². The Morgan fingerprint density at radius 1 is 0.973 bits per heavy atom. The van der Waals surface area contributed by atoms with Crippen LogP contribution < -0.4 is 5.32 Å². The predicted molar refractivity (Wildman–Crippen MR) is 136 cm³/mol. The SMILES string of the molecule is C[C@H](CCC(=O)NCCS(=O)(=O)[O-])[C@H]1CCC2C3CC[C@@H]4C[C@H](OS(=O)(=O)[O-])CC[C@]4(C)C3CC[C@@]21C. The van der Waals surface area contributed by atoms with Crippen molar-refractivity contribution in [2.75, 3.05) is 12.3 Å². The lowest BCUT2D eigenvalue weighted by Gasteiger charge is -2.61. The molecule has 0 radical (unpaired) electrons. The van der Waals surface area contributed by atoms with Gasteiger partial charge in [-0.3, -0.25) is 8.98 Å². The zero-order chi connectivity index (χ0) is 27.2. The van der Waals surface area contributed by atoms with Crippen LogP contribution in [0.15, 0.2) is 0 Å². The van der Waals surface area contributed by atoms with E-state index in [1.54, 1.807) is 0 Å².